The number of furan rings is 1. The van der Waals surface area contributed by atoms with Gasteiger partial charge in [0.1, 0.15) is 5.76 Å². The van der Waals surface area contributed by atoms with Crippen LogP contribution in [0.4, 0.5) is 0 Å². The van der Waals surface area contributed by atoms with Crippen molar-refractivity contribution >= 4 is 29.9 Å². The van der Waals surface area contributed by atoms with Gasteiger partial charge in [-0.15, -0.1) is 24.0 Å². The molecule has 0 saturated carbocycles. The quantitative estimate of drug-likeness (QED) is 0.302. The number of benzene rings is 1. The lowest BCUT2D eigenvalue weighted by molar-refractivity contribution is 0.501. The van der Waals surface area contributed by atoms with Crippen molar-refractivity contribution in [3.8, 4) is 0 Å². The van der Waals surface area contributed by atoms with Crippen LogP contribution in [0.2, 0.25) is 0 Å². The van der Waals surface area contributed by atoms with E-state index in [2.05, 4.69) is 15.6 Å². The van der Waals surface area contributed by atoms with Crippen molar-refractivity contribution in [3.05, 3.63) is 94.3 Å². The molecule has 0 bridgehead atoms. The van der Waals surface area contributed by atoms with Gasteiger partial charge in [-0.25, -0.2) is 4.99 Å². The summed E-state index contributed by atoms with van der Waals surface area (Å²) in [6, 6.07) is 17.1. The van der Waals surface area contributed by atoms with E-state index in [0.29, 0.717) is 19.6 Å². The van der Waals surface area contributed by atoms with Crippen LogP contribution in [0.1, 0.15) is 23.8 Å². The third kappa shape index (κ3) is 6.56. The molecule has 0 fully saturated rings. The molecule has 0 saturated heterocycles. The fraction of sp³-hybridized carbons (Fsp3) is 0.238. The van der Waals surface area contributed by atoms with E-state index < -0.39 is 0 Å². The number of nitrogens with zero attached hydrogens (tertiary/aromatic N) is 2. The van der Waals surface area contributed by atoms with E-state index in [4.69, 9.17) is 4.42 Å². The monoisotopic (exact) mass is 492 g/mol. The second-order valence-corrected chi connectivity index (χ2v) is 6.11. The number of hydrogen-bond donors (Lipinski definition) is 2. The van der Waals surface area contributed by atoms with Crippen LogP contribution < -0.4 is 16.2 Å². The second-order valence-electron chi connectivity index (χ2n) is 6.11. The van der Waals surface area contributed by atoms with Crippen molar-refractivity contribution < 1.29 is 4.42 Å². The van der Waals surface area contributed by atoms with Gasteiger partial charge in [0, 0.05) is 18.8 Å². The van der Waals surface area contributed by atoms with E-state index in [1.165, 1.54) is 0 Å². The summed E-state index contributed by atoms with van der Waals surface area (Å²) in [6.07, 6.45) is 3.46. The third-order valence-electron chi connectivity index (χ3n) is 4.05. The fourth-order valence-electron chi connectivity index (χ4n) is 2.63. The molecule has 3 rings (SSSR count). The Bertz CT molecular complexity index is 918. The summed E-state index contributed by atoms with van der Waals surface area (Å²) >= 11 is 0. The molecule has 7 heteroatoms. The maximum Gasteiger partial charge on any atom is 0.250 e. The largest absolute Gasteiger partial charge is 0.467 e. The van der Waals surface area contributed by atoms with Gasteiger partial charge < -0.3 is 19.6 Å². The van der Waals surface area contributed by atoms with Crippen LogP contribution in [-0.2, 0) is 19.6 Å². The van der Waals surface area contributed by atoms with E-state index in [1.54, 1.807) is 29.2 Å². The average Bonchev–Trinajstić information content (AvgIpc) is 3.21. The zero-order chi connectivity index (χ0) is 18.9. The van der Waals surface area contributed by atoms with Crippen molar-refractivity contribution in [2.45, 2.75) is 26.6 Å². The van der Waals surface area contributed by atoms with E-state index >= 15 is 0 Å². The van der Waals surface area contributed by atoms with Gasteiger partial charge in [0.2, 0.25) is 0 Å². The van der Waals surface area contributed by atoms with Gasteiger partial charge >= 0.3 is 0 Å². The number of hydrogen-bond acceptors (Lipinski definition) is 3. The lowest BCUT2D eigenvalue weighted by Crippen LogP contribution is -2.36. The van der Waals surface area contributed by atoms with Crippen LogP contribution in [0, 0.1) is 0 Å². The highest BCUT2D eigenvalue weighted by Crippen LogP contribution is 2.07. The van der Waals surface area contributed by atoms with Crippen molar-refractivity contribution in [2.24, 2.45) is 4.99 Å². The summed E-state index contributed by atoms with van der Waals surface area (Å²) in [5, 5.41) is 6.48. The van der Waals surface area contributed by atoms with E-state index in [0.717, 1.165) is 29.4 Å². The smallest absolute Gasteiger partial charge is 0.250 e. The molecular formula is C21H25IN4O2. The number of aromatic nitrogens is 1. The van der Waals surface area contributed by atoms with Crippen LogP contribution in [-0.4, -0.2) is 17.1 Å². The number of rotatable bonds is 7. The molecule has 2 heterocycles. The second kappa shape index (κ2) is 11.3. The first-order chi connectivity index (χ1) is 13.2. The summed E-state index contributed by atoms with van der Waals surface area (Å²) in [4.78, 5) is 16.4. The average molecular weight is 492 g/mol. The number of nitrogens with one attached hydrogen (secondary N) is 2. The molecule has 1 aromatic carbocycles. The predicted molar refractivity (Wildman–Crippen MR) is 122 cm³/mol. The van der Waals surface area contributed by atoms with Crippen LogP contribution in [0.5, 0.6) is 0 Å². The highest BCUT2D eigenvalue weighted by atomic mass is 127. The maximum atomic E-state index is 11.8. The molecule has 0 radical (unpaired) electrons. The minimum atomic E-state index is 0. The normalized spacial score (nSPS) is 11.0. The standard InChI is InChI=1S/C21H24N4O2.HI/c1-2-22-21(24-15-19-6-5-13-27-19)23-14-17-8-10-18(11-9-17)16-25-12-4-3-7-20(25)26;/h3-13H,2,14-16H2,1H3,(H2,22,23,24);1H. The summed E-state index contributed by atoms with van der Waals surface area (Å²) in [5.41, 5.74) is 2.19. The Morgan fingerprint density at radius 2 is 1.82 bits per heavy atom. The molecule has 0 spiro atoms. The Morgan fingerprint density at radius 1 is 1.04 bits per heavy atom. The summed E-state index contributed by atoms with van der Waals surface area (Å²) in [7, 11) is 0. The molecule has 0 aliphatic carbocycles. The SMILES string of the molecule is CCNC(=NCc1ccc(Cn2ccccc2=O)cc1)NCc1ccco1.I. The van der Waals surface area contributed by atoms with E-state index in [1.807, 2.05) is 49.4 Å². The lowest BCUT2D eigenvalue weighted by Gasteiger charge is -2.10. The van der Waals surface area contributed by atoms with Crippen molar-refractivity contribution in [1.82, 2.24) is 15.2 Å². The molecule has 0 atom stereocenters. The van der Waals surface area contributed by atoms with E-state index in [-0.39, 0.29) is 29.5 Å². The first-order valence-corrected chi connectivity index (χ1v) is 9.02. The predicted octanol–water partition coefficient (Wildman–Crippen LogP) is 3.36. The Hall–Kier alpha value is -2.55. The first-order valence-electron chi connectivity index (χ1n) is 9.02. The van der Waals surface area contributed by atoms with Gasteiger partial charge in [-0.2, -0.15) is 0 Å². The van der Waals surface area contributed by atoms with Crippen LogP contribution in [0.15, 0.2) is 81.3 Å². The number of guanidine groups is 1. The Labute approximate surface area is 181 Å². The molecule has 6 nitrogen and oxygen atoms in total. The molecule has 0 amide bonds. The molecule has 0 unspecified atom stereocenters. The van der Waals surface area contributed by atoms with Gasteiger partial charge in [0.05, 0.1) is 25.9 Å². The molecule has 0 aliphatic heterocycles. The first kappa shape index (κ1) is 21.7. The minimum absolute atomic E-state index is 0. The number of halogens is 1. The zero-order valence-corrected chi connectivity index (χ0v) is 18.1. The van der Waals surface area contributed by atoms with Gasteiger partial charge in [-0.1, -0.05) is 30.3 Å². The molecule has 148 valence electrons. The van der Waals surface area contributed by atoms with Crippen molar-refractivity contribution in [3.63, 3.8) is 0 Å². The molecule has 3 aromatic rings. The zero-order valence-electron chi connectivity index (χ0n) is 15.8. The third-order valence-corrected chi connectivity index (χ3v) is 4.05. The maximum absolute atomic E-state index is 11.8. The van der Waals surface area contributed by atoms with Gasteiger partial charge in [-0.3, -0.25) is 4.79 Å². The molecule has 2 aromatic heterocycles. The van der Waals surface area contributed by atoms with Gasteiger partial charge in [0.25, 0.3) is 5.56 Å². The lowest BCUT2D eigenvalue weighted by atomic mass is 10.1. The van der Waals surface area contributed by atoms with Crippen LogP contribution >= 0.6 is 24.0 Å². The highest BCUT2D eigenvalue weighted by molar-refractivity contribution is 14.0. The van der Waals surface area contributed by atoms with Crippen LogP contribution in [0.3, 0.4) is 0 Å². The number of pyridine rings is 1. The fourth-order valence-corrected chi connectivity index (χ4v) is 2.63. The summed E-state index contributed by atoms with van der Waals surface area (Å²) < 4.78 is 7.02. The van der Waals surface area contributed by atoms with Crippen molar-refractivity contribution in [2.75, 3.05) is 6.54 Å². The number of aliphatic imine (C=N–C) groups is 1. The van der Waals surface area contributed by atoms with Crippen molar-refractivity contribution in [1.29, 1.82) is 0 Å². The molecular weight excluding hydrogens is 467 g/mol. The Kier molecular flexibility index (Phi) is 8.80. The van der Waals surface area contributed by atoms with Gasteiger partial charge in [0.15, 0.2) is 5.96 Å². The Balaban J connectivity index is 0.00000280. The molecule has 0 aliphatic rings. The molecule has 28 heavy (non-hydrogen) atoms. The minimum Gasteiger partial charge on any atom is -0.467 e. The van der Waals surface area contributed by atoms with Crippen LogP contribution in [0.25, 0.3) is 0 Å². The highest BCUT2D eigenvalue weighted by Gasteiger charge is 2.01. The molecule has 2 N–H and O–H groups in total. The summed E-state index contributed by atoms with van der Waals surface area (Å²) in [5.74, 6) is 1.61. The topological polar surface area (TPSA) is 71.6 Å². The van der Waals surface area contributed by atoms with E-state index in [9.17, 15) is 4.79 Å². The summed E-state index contributed by atoms with van der Waals surface area (Å²) in [6.45, 7) is 4.54. The van der Waals surface area contributed by atoms with Gasteiger partial charge in [-0.05, 0) is 36.2 Å². The Morgan fingerprint density at radius 3 is 2.50 bits per heavy atom.